The molecule has 0 heterocycles. The first-order chi connectivity index (χ1) is 15.9. The molecule has 33 heavy (non-hydrogen) atoms. The molecule has 0 saturated heterocycles. The predicted octanol–water partition coefficient (Wildman–Crippen LogP) is 4.95. The number of amides is 2. The van der Waals surface area contributed by atoms with Crippen molar-refractivity contribution in [3.05, 3.63) is 107 Å². The van der Waals surface area contributed by atoms with Crippen LogP contribution in [0.15, 0.2) is 84.9 Å². The Morgan fingerprint density at radius 1 is 0.788 bits per heavy atom. The third kappa shape index (κ3) is 7.60. The standard InChI is InChI=1S/C29H34N2O2/c1-22(2)20-30-29(33)27(18-24-10-6-4-7-11-24)31(21-26-12-8-5-9-13-26)28(32)19-25-16-14-23(3)15-17-25/h4-17,22,27H,18-21H2,1-3H3,(H,30,33)/t27-/m0/s1. The van der Waals surface area contributed by atoms with E-state index in [0.717, 1.165) is 22.3 Å². The number of hydrogen-bond acceptors (Lipinski definition) is 2. The predicted molar refractivity (Wildman–Crippen MR) is 134 cm³/mol. The summed E-state index contributed by atoms with van der Waals surface area (Å²) >= 11 is 0. The second kappa shape index (κ2) is 12.0. The highest BCUT2D eigenvalue weighted by atomic mass is 16.2. The number of rotatable bonds is 10. The molecule has 172 valence electrons. The van der Waals surface area contributed by atoms with Gasteiger partial charge in [-0.05, 0) is 29.5 Å². The molecule has 4 heteroatoms. The molecule has 3 aromatic rings. The van der Waals surface area contributed by atoms with Gasteiger partial charge in [-0.1, -0.05) is 104 Å². The Hall–Kier alpha value is -3.40. The van der Waals surface area contributed by atoms with Crippen molar-refractivity contribution in [1.29, 1.82) is 0 Å². The SMILES string of the molecule is Cc1ccc(CC(=O)N(Cc2ccccc2)[C@@H](Cc2ccccc2)C(=O)NCC(C)C)cc1. The summed E-state index contributed by atoms with van der Waals surface area (Å²) in [5.74, 6) is 0.168. The maximum Gasteiger partial charge on any atom is 0.243 e. The van der Waals surface area contributed by atoms with Crippen LogP contribution in [0.2, 0.25) is 0 Å². The molecule has 4 nitrogen and oxygen atoms in total. The summed E-state index contributed by atoms with van der Waals surface area (Å²) in [6.45, 7) is 7.13. The Kier molecular flexibility index (Phi) is 8.82. The zero-order chi connectivity index (χ0) is 23.6. The van der Waals surface area contributed by atoms with Crippen LogP contribution in [-0.4, -0.2) is 29.3 Å². The van der Waals surface area contributed by atoms with E-state index in [4.69, 9.17) is 0 Å². The highest BCUT2D eigenvalue weighted by Gasteiger charge is 2.30. The molecule has 0 saturated carbocycles. The van der Waals surface area contributed by atoms with Gasteiger partial charge < -0.3 is 10.2 Å². The lowest BCUT2D eigenvalue weighted by atomic mass is 10.0. The van der Waals surface area contributed by atoms with Crippen LogP contribution >= 0.6 is 0 Å². The molecule has 3 rings (SSSR count). The van der Waals surface area contributed by atoms with E-state index in [-0.39, 0.29) is 18.2 Å². The van der Waals surface area contributed by atoms with Crippen molar-refractivity contribution in [3.63, 3.8) is 0 Å². The Labute approximate surface area is 197 Å². The summed E-state index contributed by atoms with van der Waals surface area (Å²) in [6.07, 6.45) is 0.729. The van der Waals surface area contributed by atoms with Crippen LogP contribution in [0.5, 0.6) is 0 Å². The number of nitrogens with zero attached hydrogens (tertiary/aromatic N) is 1. The summed E-state index contributed by atoms with van der Waals surface area (Å²) in [6, 6.07) is 27.2. The Balaban J connectivity index is 1.92. The van der Waals surface area contributed by atoms with E-state index in [1.807, 2.05) is 91.9 Å². The van der Waals surface area contributed by atoms with Crippen LogP contribution in [0.1, 0.15) is 36.1 Å². The highest BCUT2D eigenvalue weighted by molar-refractivity contribution is 5.88. The normalized spacial score (nSPS) is 11.8. The van der Waals surface area contributed by atoms with Gasteiger partial charge in [-0.25, -0.2) is 0 Å². The number of hydrogen-bond donors (Lipinski definition) is 1. The number of benzene rings is 3. The van der Waals surface area contributed by atoms with Gasteiger partial charge >= 0.3 is 0 Å². The van der Waals surface area contributed by atoms with Gasteiger partial charge in [-0.3, -0.25) is 9.59 Å². The molecule has 0 aromatic heterocycles. The number of nitrogens with one attached hydrogen (secondary N) is 1. The van der Waals surface area contributed by atoms with Gasteiger partial charge in [0.1, 0.15) is 6.04 Å². The molecular weight excluding hydrogens is 408 g/mol. The minimum Gasteiger partial charge on any atom is -0.354 e. The van der Waals surface area contributed by atoms with E-state index >= 15 is 0 Å². The largest absolute Gasteiger partial charge is 0.354 e. The van der Waals surface area contributed by atoms with Crippen LogP contribution < -0.4 is 5.32 Å². The van der Waals surface area contributed by atoms with Crippen molar-refractivity contribution in [2.75, 3.05) is 6.54 Å². The molecule has 0 spiro atoms. The molecule has 1 atom stereocenters. The van der Waals surface area contributed by atoms with Crippen molar-refractivity contribution >= 4 is 11.8 Å². The molecule has 0 aliphatic carbocycles. The van der Waals surface area contributed by atoms with E-state index in [0.29, 0.717) is 25.4 Å². The molecule has 2 amide bonds. The van der Waals surface area contributed by atoms with Gasteiger partial charge in [0.2, 0.25) is 11.8 Å². The third-order valence-corrected chi connectivity index (χ3v) is 5.63. The summed E-state index contributed by atoms with van der Waals surface area (Å²) in [5.41, 5.74) is 4.14. The quantitative estimate of drug-likeness (QED) is 0.483. The first-order valence-corrected chi connectivity index (χ1v) is 11.6. The van der Waals surface area contributed by atoms with E-state index in [2.05, 4.69) is 19.2 Å². The second-order valence-corrected chi connectivity index (χ2v) is 9.01. The van der Waals surface area contributed by atoms with Gasteiger partial charge in [-0.2, -0.15) is 0 Å². The molecule has 0 bridgehead atoms. The summed E-state index contributed by atoms with van der Waals surface area (Å²) in [5, 5.41) is 3.06. The monoisotopic (exact) mass is 442 g/mol. The third-order valence-electron chi connectivity index (χ3n) is 5.63. The molecule has 3 aromatic carbocycles. The van der Waals surface area contributed by atoms with Crippen molar-refractivity contribution in [3.8, 4) is 0 Å². The van der Waals surface area contributed by atoms with Crippen molar-refractivity contribution < 1.29 is 9.59 Å². The number of carbonyl (C=O) groups excluding carboxylic acids is 2. The van der Waals surface area contributed by atoms with E-state index in [1.54, 1.807) is 4.90 Å². The fourth-order valence-corrected chi connectivity index (χ4v) is 3.74. The van der Waals surface area contributed by atoms with Gasteiger partial charge in [0.05, 0.1) is 6.42 Å². The van der Waals surface area contributed by atoms with E-state index in [1.165, 1.54) is 0 Å². The molecule has 1 N–H and O–H groups in total. The Morgan fingerprint density at radius 3 is 1.94 bits per heavy atom. The van der Waals surface area contributed by atoms with Crippen LogP contribution in [0, 0.1) is 12.8 Å². The number of aryl methyl sites for hydroxylation is 1. The van der Waals surface area contributed by atoms with Crippen molar-refractivity contribution in [1.82, 2.24) is 10.2 Å². The minimum absolute atomic E-state index is 0.0525. The summed E-state index contributed by atoms with van der Waals surface area (Å²) < 4.78 is 0. The van der Waals surface area contributed by atoms with Crippen molar-refractivity contribution in [2.24, 2.45) is 5.92 Å². The minimum atomic E-state index is -0.593. The van der Waals surface area contributed by atoms with Gasteiger partial charge in [0.25, 0.3) is 0 Å². The van der Waals surface area contributed by atoms with Crippen molar-refractivity contribution in [2.45, 2.75) is 46.2 Å². The fraction of sp³-hybridized carbons (Fsp3) is 0.310. The van der Waals surface area contributed by atoms with E-state index < -0.39 is 6.04 Å². The van der Waals surface area contributed by atoms with Crippen LogP contribution in [-0.2, 0) is 29.0 Å². The molecule has 0 unspecified atom stereocenters. The van der Waals surface area contributed by atoms with Gasteiger partial charge in [-0.15, -0.1) is 0 Å². The molecule has 0 aliphatic rings. The second-order valence-electron chi connectivity index (χ2n) is 9.01. The Morgan fingerprint density at radius 2 is 1.36 bits per heavy atom. The van der Waals surface area contributed by atoms with Gasteiger partial charge in [0.15, 0.2) is 0 Å². The first-order valence-electron chi connectivity index (χ1n) is 11.6. The fourth-order valence-electron chi connectivity index (χ4n) is 3.74. The molecule has 0 aliphatic heterocycles. The molecular formula is C29H34N2O2. The lowest BCUT2D eigenvalue weighted by Gasteiger charge is -2.32. The summed E-state index contributed by atoms with van der Waals surface area (Å²) in [7, 11) is 0. The average molecular weight is 443 g/mol. The van der Waals surface area contributed by atoms with E-state index in [9.17, 15) is 9.59 Å². The smallest absolute Gasteiger partial charge is 0.243 e. The molecule has 0 fully saturated rings. The zero-order valence-corrected chi connectivity index (χ0v) is 19.8. The van der Waals surface area contributed by atoms with Gasteiger partial charge in [0, 0.05) is 19.5 Å². The maximum atomic E-state index is 13.6. The lowest BCUT2D eigenvalue weighted by molar-refractivity contribution is -0.140. The van der Waals surface area contributed by atoms with Crippen LogP contribution in [0.4, 0.5) is 0 Å². The van der Waals surface area contributed by atoms with Crippen LogP contribution in [0.3, 0.4) is 0 Å². The highest BCUT2D eigenvalue weighted by Crippen LogP contribution is 2.17. The molecule has 0 radical (unpaired) electrons. The summed E-state index contributed by atoms with van der Waals surface area (Å²) in [4.78, 5) is 28.8. The lowest BCUT2D eigenvalue weighted by Crippen LogP contribution is -2.51. The Bertz CT molecular complexity index is 1010. The maximum absolute atomic E-state index is 13.6. The van der Waals surface area contributed by atoms with Crippen LogP contribution in [0.25, 0.3) is 0 Å². The topological polar surface area (TPSA) is 49.4 Å². The number of carbonyl (C=O) groups is 2. The average Bonchev–Trinajstić information content (AvgIpc) is 2.82. The zero-order valence-electron chi connectivity index (χ0n) is 19.8. The first kappa shape index (κ1) is 24.2.